The summed E-state index contributed by atoms with van der Waals surface area (Å²) in [5, 5.41) is 17.1. The first kappa shape index (κ1) is 10.7. The molecule has 0 radical (unpaired) electrons. The van der Waals surface area contributed by atoms with Crippen LogP contribution in [0.15, 0.2) is 0 Å². The molecule has 0 aliphatic rings. The first-order valence-corrected chi connectivity index (χ1v) is 3.25. The van der Waals surface area contributed by atoms with E-state index in [-0.39, 0.29) is 6.42 Å². The van der Waals surface area contributed by atoms with E-state index in [2.05, 4.69) is 0 Å². The molecule has 0 aromatic carbocycles. The molecule has 5 heteroatoms. The van der Waals surface area contributed by atoms with Crippen molar-refractivity contribution in [3.8, 4) is 0 Å². The van der Waals surface area contributed by atoms with Crippen LogP contribution in [0.1, 0.15) is 20.3 Å². The summed E-state index contributed by atoms with van der Waals surface area (Å²) >= 11 is 0. The quantitative estimate of drug-likeness (QED) is 0.616. The van der Waals surface area contributed by atoms with E-state index < -0.39 is 17.9 Å². The third kappa shape index (κ3) is 2.07. The standard InChI is InChI=1S/C6H11F3O2/c1-3-4(2)5(10,11)6(7,8)9/h4,10-11H,3H2,1-2H3. The van der Waals surface area contributed by atoms with Crippen molar-refractivity contribution in [1.29, 1.82) is 0 Å². The molecule has 0 heterocycles. The Morgan fingerprint density at radius 2 is 1.64 bits per heavy atom. The van der Waals surface area contributed by atoms with E-state index in [0.29, 0.717) is 0 Å². The summed E-state index contributed by atoms with van der Waals surface area (Å²) in [5.41, 5.74) is 0. The van der Waals surface area contributed by atoms with Gasteiger partial charge in [0.2, 0.25) is 0 Å². The third-order valence-corrected chi connectivity index (χ3v) is 1.72. The van der Waals surface area contributed by atoms with Gasteiger partial charge in [-0.05, 0) is 6.42 Å². The van der Waals surface area contributed by atoms with Crippen molar-refractivity contribution in [2.75, 3.05) is 0 Å². The van der Waals surface area contributed by atoms with E-state index in [1.165, 1.54) is 6.92 Å². The lowest BCUT2D eigenvalue weighted by Crippen LogP contribution is -2.50. The fourth-order valence-corrected chi connectivity index (χ4v) is 0.564. The van der Waals surface area contributed by atoms with E-state index in [1.807, 2.05) is 0 Å². The number of halogens is 3. The smallest absolute Gasteiger partial charge is 0.358 e. The van der Waals surface area contributed by atoms with E-state index >= 15 is 0 Å². The normalized spacial score (nSPS) is 16.6. The Balaban J connectivity index is 4.45. The molecule has 0 fully saturated rings. The topological polar surface area (TPSA) is 40.5 Å². The molecule has 0 saturated carbocycles. The maximum absolute atomic E-state index is 11.8. The van der Waals surface area contributed by atoms with E-state index in [9.17, 15) is 13.2 Å². The molecule has 1 atom stereocenters. The van der Waals surface area contributed by atoms with E-state index in [4.69, 9.17) is 10.2 Å². The van der Waals surface area contributed by atoms with Crippen molar-refractivity contribution >= 4 is 0 Å². The van der Waals surface area contributed by atoms with Gasteiger partial charge in [0.05, 0.1) is 0 Å². The SMILES string of the molecule is CCC(C)C(O)(O)C(F)(F)F. The molecule has 11 heavy (non-hydrogen) atoms. The molecule has 1 unspecified atom stereocenters. The molecule has 0 rings (SSSR count). The van der Waals surface area contributed by atoms with Gasteiger partial charge in [0, 0.05) is 5.92 Å². The van der Waals surface area contributed by atoms with Crippen molar-refractivity contribution in [1.82, 2.24) is 0 Å². The highest BCUT2D eigenvalue weighted by Gasteiger charge is 2.55. The summed E-state index contributed by atoms with van der Waals surface area (Å²) in [5.74, 6) is -4.76. The van der Waals surface area contributed by atoms with Crippen LogP contribution in [-0.2, 0) is 0 Å². The lowest BCUT2D eigenvalue weighted by Gasteiger charge is -2.29. The number of rotatable bonds is 2. The summed E-state index contributed by atoms with van der Waals surface area (Å²) in [6.45, 7) is 2.59. The predicted octanol–water partition coefficient (Wildman–Crippen LogP) is 1.28. The maximum atomic E-state index is 11.8. The Morgan fingerprint density at radius 3 is 1.73 bits per heavy atom. The Bertz CT molecular complexity index is 130. The molecule has 0 bridgehead atoms. The van der Waals surface area contributed by atoms with Crippen LogP contribution >= 0.6 is 0 Å². The van der Waals surface area contributed by atoms with Crippen molar-refractivity contribution in [3.63, 3.8) is 0 Å². The van der Waals surface area contributed by atoms with Crippen LogP contribution in [0.2, 0.25) is 0 Å². The molecular formula is C6H11F3O2. The molecule has 2 nitrogen and oxygen atoms in total. The van der Waals surface area contributed by atoms with Gasteiger partial charge in [-0.3, -0.25) is 0 Å². The third-order valence-electron chi connectivity index (χ3n) is 1.72. The molecule has 0 amide bonds. The molecule has 68 valence electrons. The van der Waals surface area contributed by atoms with E-state index in [1.54, 1.807) is 0 Å². The van der Waals surface area contributed by atoms with Gasteiger partial charge in [0.15, 0.2) is 0 Å². The number of alkyl halides is 3. The molecular weight excluding hydrogens is 161 g/mol. The molecule has 0 spiro atoms. The highest BCUT2D eigenvalue weighted by atomic mass is 19.4. The van der Waals surface area contributed by atoms with Gasteiger partial charge in [-0.15, -0.1) is 0 Å². The van der Waals surface area contributed by atoms with Gasteiger partial charge < -0.3 is 10.2 Å². The minimum absolute atomic E-state index is 0.0620. The van der Waals surface area contributed by atoms with Crippen molar-refractivity contribution < 1.29 is 23.4 Å². The fourth-order valence-electron chi connectivity index (χ4n) is 0.564. The first-order valence-electron chi connectivity index (χ1n) is 3.25. The minimum atomic E-state index is -4.97. The van der Waals surface area contributed by atoms with Gasteiger partial charge in [-0.2, -0.15) is 13.2 Å². The average Bonchev–Trinajstić information content (AvgIpc) is 1.83. The van der Waals surface area contributed by atoms with Crippen LogP contribution in [0, 0.1) is 5.92 Å². The Labute approximate surface area is 62.6 Å². The second-order valence-corrected chi connectivity index (χ2v) is 2.53. The highest BCUT2D eigenvalue weighted by Crippen LogP contribution is 2.34. The second-order valence-electron chi connectivity index (χ2n) is 2.53. The second kappa shape index (κ2) is 2.98. The Morgan fingerprint density at radius 1 is 1.27 bits per heavy atom. The summed E-state index contributed by atoms with van der Waals surface area (Å²) in [4.78, 5) is 0. The van der Waals surface area contributed by atoms with Gasteiger partial charge in [-0.1, -0.05) is 13.8 Å². The van der Waals surface area contributed by atoms with Gasteiger partial charge in [0.25, 0.3) is 5.79 Å². The van der Waals surface area contributed by atoms with Crippen LogP contribution < -0.4 is 0 Å². The molecule has 0 aromatic rings. The Kier molecular flexibility index (Phi) is 2.91. The lowest BCUT2D eigenvalue weighted by atomic mass is 9.98. The zero-order valence-electron chi connectivity index (χ0n) is 6.31. The summed E-state index contributed by atoms with van der Waals surface area (Å²) in [6, 6.07) is 0. The van der Waals surface area contributed by atoms with Crippen molar-refractivity contribution in [2.24, 2.45) is 5.92 Å². The predicted molar refractivity (Wildman–Crippen MR) is 32.7 cm³/mol. The van der Waals surface area contributed by atoms with Gasteiger partial charge in [0.1, 0.15) is 0 Å². The largest absolute Gasteiger partial charge is 0.443 e. The fraction of sp³-hybridized carbons (Fsp3) is 1.00. The molecule has 2 N–H and O–H groups in total. The van der Waals surface area contributed by atoms with Gasteiger partial charge >= 0.3 is 6.18 Å². The average molecular weight is 172 g/mol. The lowest BCUT2D eigenvalue weighted by molar-refractivity contribution is -0.368. The van der Waals surface area contributed by atoms with Crippen molar-refractivity contribution in [3.05, 3.63) is 0 Å². The maximum Gasteiger partial charge on any atom is 0.443 e. The van der Waals surface area contributed by atoms with Crippen LogP contribution in [0.5, 0.6) is 0 Å². The van der Waals surface area contributed by atoms with Crippen LogP contribution in [0.4, 0.5) is 13.2 Å². The number of aliphatic hydroxyl groups is 2. The van der Waals surface area contributed by atoms with E-state index in [0.717, 1.165) is 6.92 Å². The Hall–Kier alpha value is -0.290. The molecule has 0 saturated heterocycles. The minimum Gasteiger partial charge on any atom is -0.358 e. The summed E-state index contributed by atoms with van der Waals surface area (Å²) < 4.78 is 35.3. The summed E-state index contributed by atoms with van der Waals surface area (Å²) in [6.07, 6.45) is -4.91. The van der Waals surface area contributed by atoms with Crippen LogP contribution in [0.3, 0.4) is 0 Å². The molecule has 0 aliphatic carbocycles. The molecule has 0 aliphatic heterocycles. The first-order chi connectivity index (χ1) is 4.73. The zero-order chi connectivity index (χ0) is 9.28. The molecule has 0 aromatic heterocycles. The van der Waals surface area contributed by atoms with Crippen LogP contribution in [0.25, 0.3) is 0 Å². The van der Waals surface area contributed by atoms with Crippen LogP contribution in [-0.4, -0.2) is 22.2 Å². The zero-order valence-corrected chi connectivity index (χ0v) is 6.31. The monoisotopic (exact) mass is 172 g/mol. The number of hydrogen-bond acceptors (Lipinski definition) is 2. The summed E-state index contributed by atoms with van der Waals surface area (Å²) in [7, 11) is 0. The number of hydrogen-bond donors (Lipinski definition) is 2. The van der Waals surface area contributed by atoms with Gasteiger partial charge in [-0.25, -0.2) is 0 Å². The van der Waals surface area contributed by atoms with Crippen molar-refractivity contribution in [2.45, 2.75) is 32.2 Å². The highest BCUT2D eigenvalue weighted by molar-refractivity contribution is 4.78.